The summed E-state index contributed by atoms with van der Waals surface area (Å²) in [5.41, 5.74) is 3.64. The summed E-state index contributed by atoms with van der Waals surface area (Å²) in [6.45, 7) is 0. The molecule has 0 amide bonds. The quantitative estimate of drug-likeness (QED) is 0.676. The molecule has 27 heavy (non-hydrogen) atoms. The highest BCUT2D eigenvalue weighted by Gasteiger charge is 2.50. The molecule has 1 heterocycles. The molecule has 0 aliphatic carbocycles. The molecule has 0 saturated heterocycles. The maximum atomic E-state index is 13.1. The molecule has 2 rings (SSSR count). The lowest BCUT2D eigenvalue weighted by molar-refractivity contribution is -0.137. The highest BCUT2D eigenvalue weighted by molar-refractivity contribution is 7.89. The predicted octanol–water partition coefficient (Wildman–Crippen LogP) is 3.86. The molecule has 0 fully saturated rings. The van der Waals surface area contributed by atoms with Gasteiger partial charge in [0.15, 0.2) is 6.04 Å². The van der Waals surface area contributed by atoms with Crippen LogP contribution in [0.1, 0.15) is 5.56 Å². The highest BCUT2D eigenvalue weighted by Crippen LogP contribution is 2.45. The molecule has 15 heteroatoms. The van der Waals surface area contributed by atoms with Crippen LogP contribution in [0.15, 0.2) is 23.0 Å². The van der Waals surface area contributed by atoms with E-state index >= 15 is 0 Å². The van der Waals surface area contributed by atoms with Gasteiger partial charge in [-0.15, -0.1) is 0 Å². The number of halogens is 8. The number of alkyl halides is 5. The molecular weight excluding hydrogens is 466 g/mol. The molecule has 0 bridgehead atoms. The number of hydrogen-bond donors (Lipinski definition) is 1. The fourth-order valence-electron chi connectivity index (χ4n) is 2.16. The van der Waals surface area contributed by atoms with Crippen LogP contribution in [0.5, 0.6) is 0 Å². The molecule has 2 N–H and O–H groups in total. The number of hydrazine groups is 1. The van der Waals surface area contributed by atoms with Gasteiger partial charge >= 0.3 is 11.9 Å². The number of anilines is 1. The van der Waals surface area contributed by atoms with E-state index in [2.05, 4.69) is 0 Å². The van der Waals surface area contributed by atoms with Crippen LogP contribution < -0.4 is 10.7 Å². The first-order valence-corrected chi connectivity index (χ1v) is 9.11. The number of benzene rings is 1. The van der Waals surface area contributed by atoms with Crippen molar-refractivity contribution in [2.24, 2.45) is 5.73 Å². The minimum absolute atomic E-state index is 0.185. The van der Waals surface area contributed by atoms with Gasteiger partial charge in [-0.1, -0.05) is 39.2 Å². The van der Waals surface area contributed by atoms with E-state index in [1.807, 2.05) is 0 Å². The lowest BCUT2D eigenvalue weighted by Gasteiger charge is -2.32. The lowest BCUT2D eigenvalue weighted by Crippen LogP contribution is -2.49. The van der Waals surface area contributed by atoms with Crippen LogP contribution in [0.25, 0.3) is 0 Å². The SMILES string of the molecule is N#CC1C(Cl)=C(N)N(c2c(Cl)cc(C(F)(F)F)cc2Cl)N1S(=O)(=O)C(F)F. The van der Waals surface area contributed by atoms with E-state index in [0.717, 1.165) is 0 Å². The van der Waals surface area contributed by atoms with E-state index in [1.54, 1.807) is 0 Å². The van der Waals surface area contributed by atoms with Gasteiger partial charge < -0.3 is 5.73 Å². The van der Waals surface area contributed by atoms with E-state index in [1.165, 1.54) is 6.07 Å². The van der Waals surface area contributed by atoms with Gasteiger partial charge in [0, 0.05) is 0 Å². The average molecular weight is 472 g/mol. The van der Waals surface area contributed by atoms with Crippen molar-refractivity contribution in [3.05, 3.63) is 38.6 Å². The van der Waals surface area contributed by atoms with Crippen molar-refractivity contribution in [1.29, 1.82) is 5.26 Å². The molecule has 6 nitrogen and oxygen atoms in total. The molecule has 148 valence electrons. The Kier molecular flexibility index (Phi) is 5.76. The standard InChI is InChI=1S/C12H6Cl3F5N4O2S/c13-5-1-4(12(18,19)20)2-6(14)9(5)23-10(22)8(15)7(3-21)24(23)27(25,26)11(16)17/h1-2,7,11H,22H2. The van der Waals surface area contributed by atoms with Crippen molar-refractivity contribution < 1.29 is 30.4 Å². The summed E-state index contributed by atoms with van der Waals surface area (Å²) < 4.78 is 88.5. The largest absolute Gasteiger partial charge is 0.416 e. The van der Waals surface area contributed by atoms with Crippen molar-refractivity contribution in [3.8, 4) is 6.07 Å². The van der Waals surface area contributed by atoms with Gasteiger partial charge in [0.25, 0.3) is 10.0 Å². The Bertz CT molecular complexity index is 938. The number of nitriles is 1. The van der Waals surface area contributed by atoms with Crippen LogP contribution in [0, 0.1) is 11.3 Å². The van der Waals surface area contributed by atoms with Crippen LogP contribution in [-0.2, 0) is 16.2 Å². The maximum absolute atomic E-state index is 13.1. The Morgan fingerprint density at radius 2 is 1.67 bits per heavy atom. The van der Waals surface area contributed by atoms with Crippen molar-refractivity contribution in [2.45, 2.75) is 18.0 Å². The number of nitrogens with two attached hydrogens (primary N) is 1. The molecule has 1 aliphatic heterocycles. The van der Waals surface area contributed by atoms with Crippen molar-refractivity contribution in [1.82, 2.24) is 4.41 Å². The second-order valence-corrected chi connectivity index (χ2v) is 7.92. The summed E-state index contributed by atoms with van der Waals surface area (Å²) in [4.78, 5) is 0. The number of sulfonamides is 1. The third-order valence-electron chi connectivity index (χ3n) is 3.30. The zero-order valence-corrected chi connectivity index (χ0v) is 15.6. The summed E-state index contributed by atoms with van der Waals surface area (Å²) >= 11 is 17.3. The molecule has 1 aromatic carbocycles. The smallest absolute Gasteiger partial charge is 0.383 e. The van der Waals surface area contributed by atoms with E-state index < -0.39 is 60.1 Å². The monoisotopic (exact) mass is 470 g/mol. The second kappa shape index (κ2) is 7.14. The fraction of sp³-hybridized carbons (Fsp3) is 0.250. The van der Waals surface area contributed by atoms with E-state index in [-0.39, 0.29) is 9.42 Å². The van der Waals surface area contributed by atoms with Gasteiger partial charge in [-0.25, -0.2) is 13.4 Å². The van der Waals surface area contributed by atoms with Crippen LogP contribution in [-0.4, -0.2) is 24.6 Å². The van der Waals surface area contributed by atoms with Gasteiger partial charge in [0.05, 0.1) is 32.4 Å². The van der Waals surface area contributed by atoms with E-state index in [0.29, 0.717) is 12.1 Å². The third-order valence-corrected chi connectivity index (χ3v) is 5.62. The number of rotatable bonds is 3. The van der Waals surface area contributed by atoms with Gasteiger partial charge in [0.1, 0.15) is 5.82 Å². The Morgan fingerprint density at radius 1 is 1.19 bits per heavy atom. The van der Waals surface area contributed by atoms with Crippen LogP contribution >= 0.6 is 34.8 Å². The first-order valence-electron chi connectivity index (χ1n) is 6.47. The molecule has 0 aromatic heterocycles. The summed E-state index contributed by atoms with van der Waals surface area (Å²) in [7, 11) is -5.52. The van der Waals surface area contributed by atoms with E-state index in [4.69, 9.17) is 45.8 Å². The Labute approximate surface area is 164 Å². The molecule has 0 spiro atoms. The molecule has 1 aromatic rings. The topological polar surface area (TPSA) is 90.4 Å². The van der Waals surface area contributed by atoms with E-state index in [9.17, 15) is 30.4 Å². The number of nitrogens with zero attached hydrogens (tertiary/aromatic N) is 3. The molecule has 1 atom stereocenters. The highest BCUT2D eigenvalue weighted by atomic mass is 35.5. The van der Waals surface area contributed by atoms with Crippen molar-refractivity contribution in [2.75, 3.05) is 5.01 Å². The minimum atomic E-state index is -5.52. The zero-order valence-electron chi connectivity index (χ0n) is 12.5. The maximum Gasteiger partial charge on any atom is 0.416 e. The van der Waals surface area contributed by atoms with Gasteiger partial charge in [-0.3, -0.25) is 0 Å². The molecule has 1 aliphatic rings. The van der Waals surface area contributed by atoms with Gasteiger partial charge in [-0.05, 0) is 12.1 Å². The summed E-state index contributed by atoms with van der Waals surface area (Å²) in [6.07, 6.45) is -4.85. The average Bonchev–Trinajstić information content (AvgIpc) is 2.78. The molecule has 0 radical (unpaired) electrons. The lowest BCUT2D eigenvalue weighted by atomic mass is 10.2. The first kappa shape index (κ1) is 21.8. The van der Waals surface area contributed by atoms with Gasteiger partial charge in [0.2, 0.25) is 0 Å². The van der Waals surface area contributed by atoms with Gasteiger partial charge in [-0.2, -0.15) is 27.2 Å². The Balaban J connectivity index is 2.77. The molecule has 1 unspecified atom stereocenters. The fourth-order valence-corrected chi connectivity index (χ4v) is 4.09. The van der Waals surface area contributed by atoms with Crippen LogP contribution in [0.4, 0.5) is 27.6 Å². The Morgan fingerprint density at radius 3 is 2.04 bits per heavy atom. The zero-order chi connectivity index (χ0) is 20.9. The van der Waals surface area contributed by atoms with Crippen LogP contribution in [0.3, 0.4) is 0 Å². The predicted molar refractivity (Wildman–Crippen MR) is 87.2 cm³/mol. The first-order chi connectivity index (χ1) is 12.2. The van der Waals surface area contributed by atoms with Crippen LogP contribution in [0.2, 0.25) is 10.0 Å². The molecule has 0 saturated carbocycles. The Hall–Kier alpha value is -1.52. The summed E-state index contributed by atoms with van der Waals surface area (Å²) in [5, 5.41) is 7.18. The van der Waals surface area contributed by atoms with Crippen molar-refractivity contribution in [3.63, 3.8) is 0 Å². The summed E-state index contributed by atoms with van der Waals surface area (Å²) in [6, 6.07) is 0.137. The minimum Gasteiger partial charge on any atom is -0.383 e. The summed E-state index contributed by atoms with van der Waals surface area (Å²) in [5.74, 6) is -4.73. The van der Waals surface area contributed by atoms with Crippen molar-refractivity contribution >= 4 is 50.5 Å². The second-order valence-electron chi connectivity index (χ2n) is 4.94. The molecular formula is C12H6Cl3F5N4O2S. The normalized spacial score (nSPS) is 19.1. The number of hydrogen-bond acceptors (Lipinski definition) is 5. The third kappa shape index (κ3) is 3.62.